The first-order chi connectivity index (χ1) is 36.2. The molecule has 4 atom stereocenters. The zero-order chi connectivity index (χ0) is 54.1. The predicted molar refractivity (Wildman–Crippen MR) is 321 cm³/mol. The summed E-state index contributed by atoms with van der Waals surface area (Å²) in [5, 5.41) is 0. The zero-order valence-corrected chi connectivity index (χ0v) is 51.1. The number of hydrogen-bond donors (Lipinski definition) is 0. The maximum Gasteiger partial charge on any atom is 0.306 e. The van der Waals surface area contributed by atoms with Crippen LogP contribution in [-0.2, 0) is 28.6 Å². The molecule has 0 aromatic heterocycles. The lowest BCUT2D eigenvalue weighted by Crippen LogP contribution is -2.30. The third kappa shape index (κ3) is 56.6. The van der Waals surface area contributed by atoms with Crippen molar-refractivity contribution in [2.45, 2.75) is 388 Å². The van der Waals surface area contributed by atoms with Crippen molar-refractivity contribution in [1.29, 1.82) is 0 Å². The minimum Gasteiger partial charge on any atom is -0.462 e. The van der Waals surface area contributed by atoms with E-state index in [9.17, 15) is 14.4 Å². The molecule has 6 heteroatoms. The third-order valence-electron chi connectivity index (χ3n) is 16.7. The van der Waals surface area contributed by atoms with Gasteiger partial charge in [0.1, 0.15) is 13.2 Å². The van der Waals surface area contributed by atoms with E-state index in [1.54, 1.807) is 0 Å². The Morgan fingerprint density at radius 1 is 0.257 bits per heavy atom. The van der Waals surface area contributed by atoms with Crippen molar-refractivity contribution in [1.82, 2.24) is 0 Å². The fourth-order valence-electron chi connectivity index (χ4n) is 10.5. The smallest absolute Gasteiger partial charge is 0.306 e. The highest BCUT2D eigenvalue weighted by Gasteiger charge is 2.20. The number of unbranched alkanes of at least 4 members (excludes halogenated alkanes) is 41. The number of carbonyl (C=O) groups is 3. The van der Waals surface area contributed by atoms with Gasteiger partial charge in [-0.15, -0.1) is 0 Å². The molecule has 0 amide bonds. The van der Waals surface area contributed by atoms with E-state index in [0.717, 1.165) is 75.5 Å². The standard InChI is InChI=1S/C68H132O6/c1-7-62(4)54-48-42-36-30-26-22-18-14-10-12-16-20-24-28-32-39-45-51-57-66(69)72-60-65(61-73-67(70)58-52-46-40-35-34-38-44-50-56-64(6)9-3)74-68(71)59-53-47-41-33-29-25-21-17-13-11-15-19-23-27-31-37-43-49-55-63(5)8-2/h62-65H,7-61H2,1-6H3/t62?,63?,64?,65-/m1/s1. The van der Waals surface area contributed by atoms with Crippen molar-refractivity contribution in [3.63, 3.8) is 0 Å². The van der Waals surface area contributed by atoms with Crippen LogP contribution in [0.2, 0.25) is 0 Å². The molecule has 0 heterocycles. The van der Waals surface area contributed by atoms with Crippen LogP contribution in [-0.4, -0.2) is 37.2 Å². The molecule has 0 saturated heterocycles. The predicted octanol–water partition coefficient (Wildman–Crippen LogP) is 22.6. The van der Waals surface area contributed by atoms with Gasteiger partial charge in [0.05, 0.1) is 0 Å². The van der Waals surface area contributed by atoms with Crippen LogP contribution in [0.5, 0.6) is 0 Å². The highest BCUT2D eigenvalue weighted by atomic mass is 16.6. The molecular formula is C68H132O6. The van der Waals surface area contributed by atoms with E-state index in [1.165, 1.54) is 263 Å². The van der Waals surface area contributed by atoms with E-state index in [-0.39, 0.29) is 31.1 Å². The minimum absolute atomic E-state index is 0.0627. The Kier molecular flexibility index (Phi) is 57.8. The summed E-state index contributed by atoms with van der Waals surface area (Å²) in [6, 6.07) is 0. The lowest BCUT2D eigenvalue weighted by Gasteiger charge is -2.18. The van der Waals surface area contributed by atoms with Gasteiger partial charge < -0.3 is 14.2 Å². The fourth-order valence-corrected chi connectivity index (χ4v) is 10.5. The summed E-state index contributed by atoms with van der Waals surface area (Å²) in [4.78, 5) is 38.3. The molecule has 0 bridgehead atoms. The van der Waals surface area contributed by atoms with Gasteiger partial charge in [-0.2, -0.15) is 0 Å². The Morgan fingerprint density at radius 3 is 0.635 bits per heavy atom. The van der Waals surface area contributed by atoms with Crippen LogP contribution < -0.4 is 0 Å². The molecule has 0 fully saturated rings. The Labute approximate surface area is 463 Å². The van der Waals surface area contributed by atoms with E-state index < -0.39 is 6.10 Å². The van der Waals surface area contributed by atoms with Gasteiger partial charge in [0.15, 0.2) is 6.10 Å². The largest absolute Gasteiger partial charge is 0.462 e. The van der Waals surface area contributed by atoms with E-state index in [0.29, 0.717) is 19.3 Å². The fraction of sp³-hybridized carbons (Fsp3) is 0.956. The van der Waals surface area contributed by atoms with Gasteiger partial charge in [-0.1, -0.05) is 343 Å². The summed E-state index contributed by atoms with van der Waals surface area (Å²) in [6.45, 7) is 13.9. The normalized spacial score (nSPS) is 13.2. The van der Waals surface area contributed by atoms with Gasteiger partial charge >= 0.3 is 17.9 Å². The number of hydrogen-bond acceptors (Lipinski definition) is 6. The van der Waals surface area contributed by atoms with Crippen LogP contribution in [0.4, 0.5) is 0 Å². The first kappa shape index (κ1) is 72.4. The SMILES string of the molecule is CCC(C)CCCCCCCCCCCCCCCCCCCCC(=O)OC[C@H](COC(=O)CCCCCCCCCCC(C)CC)OC(=O)CCCCCCCCCCCCCCCCCCCCC(C)CC. The molecule has 0 spiro atoms. The lowest BCUT2D eigenvalue weighted by molar-refractivity contribution is -0.167. The molecular weight excluding hydrogens is 913 g/mol. The maximum atomic E-state index is 12.9. The summed E-state index contributed by atoms with van der Waals surface area (Å²) in [7, 11) is 0. The Bertz CT molecular complexity index is 1150. The summed E-state index contributed by atoms with van der Waals surface area (Å²) in [5.41, 5.74) is 0. The van der Waals surface area contributed by atoms with Crippen molar-refractivity contribution >= 4 is 17.9 Å². The summed E-state index contributed by atoms with van der Waals surface area (Å²) in [5.74, 6) is 1.83. The van der Waals surface area contributed by atoms with Gasteiger partial charge in [-0.25, -0.2) is 0 Å². The van der Waals surface area contributed by atoms with Crippen LogP contribution in [0.3, 0.4) is 0 Å². The Morgan fingerprint density at radius 2 is 0.432 bits per heavy atom. The quantitative estimate of drug-likeness (QED) is 0.0343. The second kappa shape index (κ2) is 59.1. The molecule has 6 nitrogen and oxygen atoms in total. The molecule has 0 aliphatic rings. The van der Waals surface area contributed by atoms with Crippen LogP contribution >= 0.6 is 0 Å². The van der Waals surface area contributed by atoms with E-state index in [1.807, 2.05) is 0 Å². The first-order valence-electron chi connectivity index (χ1n) is 33.7. The van der Waals surface area contributed by atoms with E-state index in [2.05, 4.69) is 41.5 Å². The number of carbonyl (C=O) groups excluding carboxylic acids is 3. The molecule has 0 aromatic carbocycles. The van der Waals surface area contributed by atoms with Crippen molar-refractivity contribution < 1.29 is 28.6 Å². The lowest BCUT2D eigenvalue weighted by atomic mass is 9.99. The second-order valence-electron chi connectivity index (χ2n) is 24.2. The van der Waals surface area contributed by atoms with Crippen LogP contribution in [0.1, 0.15) is 382 Å². The van der Waals surface area contributed by atoms with Crippen molar-refractivity contribution in [2.75, 3.05) is 13.2 Å². The van der Waals surface area contributed by atoms with Crippen LogP contribution in [0.15, 0.2) is 0 Å². The molecule has 0 aliphatic carbocycles. The minimum atomic E-state index is -0.765. The van der Waals surface area contributed by atoms with Crippen molar-refractivity contribution in [3.8, 4) is 0 Å². The highest BCUT2D eigenvalue weighted by molar-refractivity contribution is 5.71. The average Bonchev–Trinajstić information content (AvgIpc) is 3.40. The average molecular weight is 1050 g/mol. The van der Waals surface area contributed by atoms with Crippen molar-refractivity contribution in [3.05, 3.63) is 0 Å². The maximum absolute atomic E-state index is 12.9. The molecule has 0 aliphatic heterocycles. The first-order valence-corrected chi connectivity index (χ1v) is 33.7. The van der Waals surface area contributed by atoms with Crippen molar-refractivity contribution in [2.24, 2.45) is 17.8 Å². The molecule has 0 rings (SSSR count). The van der Waals surface area contributed by atoms with Gasteiger partial charge in [-0.3, -0.25) is 14.4 Å². The van der Waals surface area contributed by atoms with Gasteiger partial charge in [0, 0.05) is 19.3 Å². The van der Waals surface area contributed by atoms with E-state index in [4.69, 9.17) is 14.2 Å². The molecule has 0 N–H and O–H groups in total. The molecule has 0 saturated carbocycles. The molecule has 0 aromatic rings. The number of ether oxygens (including phenoxy) is 3. The Balaban J connectivity index is 4.22. The second-order valence-corrected chi connectivity index (χ2v) is 24.2. The summed E-state index contributed by atoms with van der Waals surface area (Å²) in [6.07, 6.45) is 65.3. The molecule has 440 valence electrons. The van der Waals surface area contributed by atoms with Gasteiger partial charge in [0.2, 0.25) is 0 Å². The number of esters is 3. The topological polar surface area (TPSA) is 78.9 Å². The van der Waals surface area contributed by atoms with Crippen LogP contribution in [0, 0.1) is 17.8 Å². The summed E-state index contributed by atoms with van der Waals surface area (Å²) < 4.78 is 17.0. The van der Waals surface area contributed by atoms with Gasteiger partial charge in [-0.05, 0) is 37.0 Å². The molecule has 0 radical (unpaired) electrons. The Hall–Kier alpha value is -1.59. The molecule has 3 unspecified atom stereocenters. The highest BCUT2D eigenvalue weighted by Crippen LogP contribution is 2.20. The number of rotatable bonds is 61. The summed E-state index contributed by atoms with van der Waals surface area (Å²) >= 11 is 0. The van der Waals surface area contributed by atoms with E-state index >= 15 is 0 Å². The zero-order valence-electron chi connectivity index (χ0n) is 51.1. The van der Waals surface area contributed by atoms with Crippen LogP contribution in [0.25, 0.3) is 0 Å². The third-order valence-corrected chi connectivity index (χ3v) is 16.7. The van der Waals surface area contributed by atoms with Gasteiger partial charge in [0.25, 0.3) is 0 Å². The molecule has 74 heavy (non-hydrogen) atoms. The monoisotopic (exact) mass is 1050 g/mol.